The van der Waals surface area contributed by atoms with Crippen molar-refractivity contribution in [3.63, 3.8) is 0 Å². The van der Waals surface area contributed by atoms with Crippen LogP contribution in [0.2, 0.25) is 0 Å². The summed E-state index contributed by atoms with van der Waals surface area (Å²) in [5, 5.41) is 13.7. The zero-order valence-corrected chi connectivity index (χ0v) is 12.6. The van der Waals surface area contributed by atoms with Crippen LogP contribution in [-0.2, 0) is 6.42 Å². The van der Waals surface area contributed by atoms with E-state index in [-0.39, 0.29) is 0 Å². The average molecular weight is 288 g/mol. The Bertz CT molecular complexity index is 838. The highest BCUT2D eigenvalue weighted by Crippen LogP contribution is 2.24. The number of nitriles is 1. The molecule has 0 radical (unpaired) electrons. The molecule has 3 aromatic rings. The minimum atomic E-state index is 0.577. The Morgan fingerprint density at radius 1 is 1.14 bits per heavy atom. The summed E-state index contributed by atoms with van der Waals surface area (Å²) in [5.74, 6) is 0.661. The van der Waals surface area contributed by atoms with Gasteiger partial charge in [-0.15, -0.1) is 0 Å². The molecule has 0 aliphatic rings. The van der Waals surface area contributed by atoms with Gasteiger partial charge in [-0.3, -0.25) is 0 Å². The third kappa shape index (κ3) is 2.61. The van der Waals surface area contributed by atoms with Crippen LogP contribution in [0.25, 0.3) is 17.1 Å². The molecule has 0 unspecified atom stereocenters. The number of rotatable bonds is 3. The molecule has 0 N–H and O–H groups in total. The summed E-state index contributed by atoms with van der Waals surface area (Å²) in [5.41, 5.74) is 4.87. The van der Waals surface area contributed by atoms with Gasteiger partial charge in [-0.25, -0.2) is 9.67 Å². The molecule has 108 valence electrons. The maximum atomic E-state index is 9.07. The maximum Gasteiger partial charge on any atom is 0.155 e. The number of hydrogen-bond donors (Lipinski definition) is 0. The first-order valence-electron chi connectivity index (χ1n) is 7.23. The highest BCUT2D eigenvalue weighted by Gasteiger charge is 2.12. The summed E-state index contributed by atoms with van der Waals surface area (Å²) in [7, 11) is 0. The SMILES string of the molecule is CCc1cc(-c2ccc(C)cc2)n(-c2cc(C#N)ccn2)n1. The molecule has 0 saturated heterocycles. The lowest BCUT2D eigenvalue weighted by Crippen LogP contribution is -2.02. The van der Waals surface area contributed by atoms with Crippen molar-refractivity contribution in [2.45, 2.75) is 20.3 Å². The Hall–Kier alpha value is -2.93. The summed E-state index contributed by atoms with van der Waals surface area (Å²) < 4.78 is 1.81. The fraction of sp³-hybridized carbons (Fsp3) is 0.167. The molecule has 2 aromatic heterocycles. The zero-order chi connectivity index (χ0) is 15.5. The van der Waals surface area contributed by atoms with Crippen LogP contribution < -0.4 is 0 Å². The molecule has 0 fully saturated rings. The molecular formula is C18H16N4. The van der Waals surface area contributed by atoms with Crippen LogP contribution in [0.3, 0.4) is 0 Å². The first kappa shape index (κ1) is 14.0. The number of nitrogens with zero attached hydrogens (tertiary/aromatic N) is 4. The van der Waals surface area contributed by atoms with Gasteiger partial charge in [-0.2, -0.15) is 10.4 Å². The summed E-state index contributed by atoms with van der Waals surface area (Å²) in [4.78, 5) is 4.36. The van der Waals surface area contributed by atoms with E-state index in [9.17, 15) is 0 Å². The largest absolute Gasteiger partial charge is 0.237 e. The average Bonchev–Trinajstić information content (AvgIpc) is 3.00. The number of aryl methyl sites for hydroxylation is 2. The van der Waals surface area contributed by atoms with Gasteiger partial charge in [0.05, 0.1) is 23.0 Å². The molecule has 22 heavy (non-hydrogen) atoms. The molecule has 0 aliphatic carbocycles. The van der Waals surface area contributed by atoms with Crippen molar-refractivity contribution < 1.29 is 0 Å². The molecule has 0 bridgehead atoms. The minimum absolute atomic E-state index is 0.577. The monoisotopic (exact) mass is 288 g/mol. The van der Waals surface area contributed by atoms with Crippen LogP contribution in [0.15, 0.2) is 48.7 Å². The van der Waals surface area contributed by atoms with E-state index in [0.29, 0.717) is 11.4 Å². The summed E-state index contributed by atoms with van der Waals surface area (Å²) in [6.07, 6.45) is 2.49. The van der Waals surface area contributed by atoms with E-state index >= 15 is 0 Å². The third-order valence-electron chi connectivity index (χ3n) is 3.56. The van der Waals surface area contributed by atoms with Crippen LogP contribution in [0.4, 0.5) is 0 Å². The standard InChI is InChI=1S/C18H16N4/c1-3-16-11-17(15-6-4-13(2)5-7-15)22(21-16)18-10-14(12-19)8-9-20-18/h4-11H,3H2,1-2H3. The number of hydrogen-bond acceptors (Lipinski definition) is 3. The van der Waals surface area contributed by atoms with Crippen molar-refractivity contribution in [2.75, 3.05) is 0 Å². The van der Waals surface area contributed by atoms with Crippen molar-refractivity contribution in [1.29, 1.82) is 5.26 Å². The molecule has 1 aromatic carbocycles. The van der Waals surface area contributed by atoms with Gasteiger partial charge >= 0.3 is 0 Å². The van der Waals surface area contributed by atoms with Gasteiger partial charge in [0.15, 0.2) is 5.82 Å². The van der Waals surface area contributed by atoms with E-state index in [0.717, 1.165) is 23.4 Å². The lowest BCUT2D eigenvalue weighted by molar-refractivity contribution is 0.821. The van der Waals surface area contributed by atoms with Crippen molar-refractivity contribution in [3.05, 3.63) is 65.5 Å². The van der Waals surface area contributed by atoms with Crippen LogP contribution in [0, 0.1) is 18.3 Å². The van der Waals surface area contributed by atoms with Crippen LogP contribution in [0.5, 0.6) is 0 Å². The molecule has 0 amide bonds. The highest BCUT2D eigenvalue weighted by molar-refractivity contribution is 5.62. The molecule has 3 rings (SSSR count). The summed E-state index contributed by atoms with van der Waals surface area (Å²) in [6.45, 7) is 4.14. The number of aromatic nitrogens is 3. The summed E-state index contributed by atoms with van der Waals surface area (Å²) in [6, 6.07) is 16.0. The Labute approximate surface area is 129 Å². The quantitative estimate of drug-likeness (QED) is 0.738. The van der Waals surface area contributed by atoms with Crippen molar-refractivity contribution in [2.24, 2.45) is 0 Å². The molecular weight excluding hydrogens is 272 g/mol. The van der Waals surface area contributed by atoms with Crippen LogP contribution >= 0.6 is 0 Å². The smallest absolute Gasteiger partial charge is 0.155 e. The van der Waals surface area contributed by atoms with Crippen molar-refractivity contribution in [1.82, 2.24) is 14.8 Å². The maximum absolute atomic E-state index is 9.07. The van der Waals surface area contributed by atoms with E-state index in [1.54, 1.807) is 18.3 Å². The van der Waals surface area contributed by atoms with Gasteiger partial charge in [0.2, 0.25) is 0 Å². The first-order valence-corrected chi connectivity index (χ1v) is 7.23. The van der Waals surface area contributed by atoms with Gasteiger partial charge in [0.1, 0.15) is 0 Å². The first-order chi connectivity index (χ1) is 10.7. The fourth-order valence-corrected chi connectivity index (χ4v) is 2.31. The second-order valence-corrected chi connectivity index (χ2v) is 5.17. The van der Waals surface area contributed by atoms with Crippen molar-refractivity contribution >= 4 is 0 Å². The lowest BCUT2D eigenvalue weighted by Gasteiger charge is -2.07. The second kappa shape index (κ2) is 5.82. The van der Waals surface area contributed by atoms with Gasteiger partial charge in [-0.1, -0.05) is 36.8 Å². The third-order valence-corrected chi connectivity index (χ3v) is 3.56. The van der Waals surface area contributed by atoms with E-state index in [4.69, 9.17) is 5.26 Å². The van der Waals surface area contributed by atoms with E-state index in [1.807, 2.05) is 4.68 Å². The molecule has 4 nitrogen and oxygen atoms in total. The predicted octanol–water partition coefficient (Wildman–Crippen LogP) is 3.68. The number of benzene rings is 1. The molecule has 0 spiro atoms. The minimum Gasteiger partial charge on any atom is -0.237 e. The molecule has 0 saturated carbocycles. The van der Waals surface area contributed by atoms with E-state index in [2.05, 4.69) is 60.3 Å². The van der Waals surface area contributed by atoms with Gasteiger partial charge in [-0.05, 0) is 25.5 Å². The highest BCUT2D eigenvalue weighted by atomic mass is 15.3. The predicted molar refractivity (Wildman–Crippen MR) is 85.6 cm³/mol. The molecule has 2 heterocycles. The van der Waals surface area contributed by atoms with Gasteiger partial charge in [0, 0.05) is 17.8 Å². The molecule has 0 aliphatic heterocycles. The normalized spacial score (nSPS) is 10.4. The van der Waals surface area contributed by atoms with E-state index < -0.39 is 0 Å². The van der Waals surface area contributed by atoms with E-state index in [1.165, 1.54) is 5.56 Å². The van der Waals surface area contributed by atoms with Crippen LogP contribution in [-0.4, -0.2) is 14.8 Å². The Morgan fingerprint density at radius 3 is 2.59 bits per heavy atom. The second-order valence-electron chi connectivity index (χ2n) is 5.17. The number of pyridine rings is 1. The molecule has 0 atom stereocenters. The molecule has 4 heteroatoms. The topological polar surface area (TPSA) is 54.5 Å². The summed E-state index contributed by atoms with van der Waals surface area (Å²) >= 11 is 0. The van der Waals surface area contributed by atoms with Crippen molar-refractivity contribution in [3.8, 4) is 23.1 Å². The Morgan fingerprint density at radius 2 is 1.91 bits per heavy atom. The zero-order valence-electron chi connectivity index (χ0n) is 12.6. The van der Waals surface area contributed by atoms with Gasteiger partial charge < -0.3 is 0 Å². The van der Waals surface area contributed by atoms with Gasteiger partial charge in [0.25, 0.3) is 0 Å². The lowest BCUT2D eigenvalue weighted by atomic mass is 10.1. The fourth-order valence-electron chi connectivity index (χ4n) is 2.31. The van der Waals surface area contributed by atoms with Crippen LogP contribution in [0.1, 0.15) is 23.7 Å². The Kier molecular flexibility index (Phi) is 3.71. The Balaban J connectivity index is 2.16.